The van der Waals surface area contributed by atoms with Gasteiger partial charge in [0.15, 0.2) is 0 Å². The number of amides is 1. The van der Waals surface area contributed by atoms with Gasteiger partial charge in [-0.25, -0.2) is 0 Å². The molecule has 1 saturated heterocycles. The third-order valence-electron chi connectivity index (χ3n) is 3.64. The number of halogens is 1. The number of rotatable bonds is 2. The van der Waals surface area contributed by atoms with Crippen LogP contribution >= 0.6 is 15.9 Å². The molecule has 1 aromatic carbocycles. The Morgan fingerprint density at radius 3 is 2.58 bits per heavy atom. The second-order valence-electron chi connectivity index (χ2n) is 5.10. The van der Waals surface area contributed by atoms with Crippen molar-refractivity contribution in [2.75, 3.05) is 13.1 Å². The Morgan fingerprint density at radius 2 is 2.05 bits per heavy atom. The molecular weight excluding hydrogens is 310 g/mol. The van der Waals surface area contributed by atoms with Crippen molar-refractivity contribution in [2.24, 2.45) is 11.8 Å². The predicted molar refractivity (Wildman–Crippen MR) is 75.1 cm³/mol. The maximum absolute atomic E-state index is 12.3. The molecule has 0 aliphatic carbocycles. The standard InChI is InChI=1S/C14H16BrNO3/c1-8-3-4-10(5-12(8)15)13(17)16-6-9(2)11(7-16)14(18)19/h3-5,9,11H,6-7H2,1-2H3,(H,18,19). The van der Waals surface area contributed by atoms with Crippen molar-refractivity contribution < 1.29 is 14.7 Å². The van der Waals surface area contributed by atoms with Crippen LogP contribution in [0.2, 0.25) is 0 Å². The monoisotopic (exact) mass is 325 g/mol. The molecule has 1 amide bonds. The minimum absolute atomic E-state index is 0.00432. The molecule has 1 fully saturated rings. The fraction of sp³-hybridized carbons (Fsp3) is 0.429. The van der Waals surface area contributed by atoms with Crippen LogP contribution in [0.1, 0.15) is 22.8 Å². The molecule has 1 aromatic rings. The Morgan fingerprint density at radius 1 is 1.37 bits per heavy atom. The van der Waals surface area contributed by atoms with Crippen LogP contribution in [-0.2, 0) is 4.79 Å². The van der Waals surface area contributed by atoms with Gasteiger partial charge in [-0.05, 0) is 30.5 Å². The lowest BCUT2D eigenvalue weighted by atomic mass is 9.99. The highest BCUT2D eigenvalue weighted by Crippen LogP contribution is 2.26. The van der Waals surface area contributed by atoms with Crippen LogP contribution in [0, 0.1) is 18.8 Å². The first-order valence-corrected chi connectivity index (χ1v) is 6.97. The molecule has 0 saturated carbocycles. The van der Waals surface area contributed by atoms with E-state index in [0.29, 0.717) is 18.7 Å². The van der Waals surface area contributed by atoms with Crippen LogP contribution in [0.5, 0.6) is 0 Å². The summed E-state index contributed by atoms with van der Waals surface area (Å²) in [7, 11) is 0. The van der Waals surface area contributed by atoms with Crippen molar-refractivity contribution in [1.29, 1.82) is 0 Å². The van der Waals surface area contributed by atoms with E-state index in [4.69, 9.17) is 5.11 Å². The molecule has 1 aliphatic rings. The van der Waals surface area contributed by atoms with Crippen molar-refractivity contribution in [3.63, 3.8) is 0 Å². The lowest BCUT2D eigenvalue weighted by Gasteiger charge is -2.16. The number of likely N-dealkylation sites (tertiary alicyclic amines) is 1. The minimum Gasteiger partial charge on any atom is -0.481 e. The number of nitrogens with zero attached hydrogens (tertiary/aromatic N) is 1. The second kappa shape index (κ2) is 5.33. The molecular formula is C14H16BrNO3. The molecule has 0 radical (unpaired) electrons. The van der Waals surface area contributed by atoms with Gasteiger partial charge in [0.05, 0.1) is 5.92 Å². The maximum Gasteiger partial charge on any atom is 0.308 e. The normalized spacial score (nSPS) is 22.6. The Labute approximate surface area is 120 Å². The van der Waals surface area contributed by atoms with Gasteiger partial charge in [-0.3, -0.25) is 9.59 Å². The van der Waals surface area contributed by atoms with Gasteiger partial charge in [0.25, 0.3) is 5.91 Å². The molecule has 0 spiro atoms. The molecule has 2 unspecified atom stereocenters. The maximum atomic E-state index is 12.3. The second-order valence-corrected chi connectivity index (χ2v) is 5.95. The molecule has 1 heterocycles. The number of carboxylic acid groups (broad SMARTS) is 1. The zero-order valence-corrected chi connectivity index (χ0v) is 12.5. The zero-order chi connectivity index (χ0) is 14.2. The lowest BCUT2D eigenvalue weighted by molar-refractivity contribution is -0.142. The van der Waals surface area contributed by atoms with E-state index in [2.05, 4.69) is 15.9 Å². The summed E-state index contributed by atoms with van der Waals surface area (Å²) >= 11 is 3.41. The van der Waals surface area contributed by atoms with Gasteiger partial charge in [-0.15, -0.1) is 0 Å². The summed E-state index contributed by atoms with van der Waals surface area (Å²) in [5, 5.41) is 9.09. The number of carboxylic acids is 1. The van der Waals surface area contributed by atoms with Crippen molar-refractivity contribution in [2.45, 2.75) is 13.8 Å². The quantitative estimate of drug-likeness (QED) is 0.909. The minimum atomic E-state index is -0.826. The molecule has 0 bridgehead atoms. The predicted octanol–water partition coefficient (Wildman–Crippen LogP) is 2.55. The Hall–Kier alpha value is -1.36. The Kier molecular flexibility index (Phi) is 3.94. The largest absolute Gasteiger partial charge is 0.481 e. The summed E-state index contributed by atoms with van der Waals surface area (Å²) in [5.74, 6) is -1.39. The highest BCUT2D eigenvalue weighted by atomic mass is 79.9. The van der Waals surface area contributed by atoms with Crippen molar-refractivity contribution in [1.82, 2.24) is 4.90 Å². The number of carbonyl (C=O) groups is 2. The molecule has 102 valence electrons. The van der Waals surface area contributed by atoms with E-state index in [9.17, 15) is 9.59 Å². The number of hydrogen-bond donors (Lipinski definition) is 1. The number of carbonyl (C=O) groups excluding carboxylic acids is 1. The van der Waals surface area contributed by atoms with Gasteiger partial charge in [-0.2, -0.15) is 0 Å². The topological polar surface area (TPSA) is 57.6 Å². The summed E-state index contributed by atoms with van der Waals surface area (Å²) in [6.07, 6.45) is 0. The van der Waals surface area contributed by atoms with Gasteiger partial charge < -0.3 is 10.0 Å². The van der Waals surface area contributed by atoms with E-state index >= 15 is 0 Å². The molecule has 0 aromatic heterocycles. The summed E-state index contributed by atoms with van der Waals surface area (Å²) in [5.41, 5.74) is 1.66. The van der Waals surface area contributed by atoms with Gasteiger partial charge in [-0.1, -0.05) is 28.9 Å². The van der Waals surface area contributed by atoms with Crippen LogP contribution in [0.4, 0.5) is 0 Å². The average Bonchev–Trinajstić information content (AvgIpc) is 2.74. The molecule has 2 atom stereocenters. The van der Waals surface area contributed by atoms with Crippen LogP contribution in [-0.4, -0.2) is 35.0 Å². The highest BCUT2D eigenvalue weighted by molar-refractivity contribution is 9.10. The fourth-order valence-electron chi connectivity index (χ4n) is 2.36. The highest BCUT2D eigenvalue weighted by Gasteiger charge is 2.37. The molecule has 1 aliphatic heterocycles. The first-order chi connectivity index (χ1) is 8.90. The van der Waals surface area contributed by atoms with E-state index in [1.807, 2.05) is 19.9 Å². The van der Waals surface area contributed by atoms with E-state index < -0.39 is 11.9 Å². The van der Waals surface area contributed by atoms with Crippen molar-refractivity contribution in [3.8, 4) is 0 Å². The molecule has 5 heteroatoms. The van der Waals surface area contributed by atoms with Crippen molar-refractivity contribution >= 4 is 27.8 Å². The SMILES string of the molecule is Cc1ccc(C(=O)N2CC(C)C(C(=O)O)C2)cc1Br. The van der Waals surface area contributed by atoms with Gasteiger partial charge in [0.2, 0.25) is 0 Å². The first-order valence-electron chi connectivity index (χ1n) is 6.18. The number of aliphatic carboxylic acids is 1. The number of aryl methyl sites for hydroxylation is 1. The number of benzene rings is 1. The third kappa shape index (κ3) is 2.81. The molecule has 2 rings (SSSR count). The summed E-state index contributed by atoms with van der Waals surface area (Å²) in [6, 6.07) is 5.45. The van der Waals surface area contributed by atoms with Crippen LogP contribution in [0.3, 0.4) is 0 Å². The van der Waals surface area contributed by atoms with Crippen LogP contribution in [0.15, 0.2) is 22.7 Å². The Balaban J connectivity index is 2.17. The van der Waals surface area contributed by atoms with Gasteiger partial charge >= 0.3 is 5.97 Å². The smallest absolute Gasteiger partial charge is 0.308 e. The molecule has 4 nitrogen and oxygen atoms in total. The average molecular weight is 326 g/mol. The number of hydrogen-bond acceptors (Lipinski definition) is 2. The summed E-state index contributed by atoms with van der Waals surface area (Å²) in [6.45, 7) is 4.62. The van der Waals surface area contributed by atoms with E-state index in [0.717, 1.165) is 10.0 Å². The van der Waals surface area contributed by atoms with Gasteiger partial charge in [0, 0.05) is 23.1 Å². The first kappa shape index (κ1) is 14.1. The van der Waals surface area contributed by atoms with Gasteiger partial charge in [0.1, 0.15) is 0 Å². The van der Waals surface area contributed by atoms with Crippen molar-refractivity contribution in [3.05, 3.63) is 33.8 Å². The van der Waals surface area contributed by atoms with E-state index in [-0.39, 0.29) is 11.8 Å². The van der Waals surface area contributed by atoms with Crippen LogP contribution in [0.25, 0.3) is 0 Å². The lowest BCUT2D eigenvalue weighted by Crippen LogP contribution is -2.29. The Bertz CT molecular complexity index is 529. The van der Waals surface area contributed by atoms with E-state index in [1.54, 1.807) is 17.0 Å². The zero-order valence-electron chi connectivity index (χ0n) is 10.9. The summed E-state index contributed by atoms with van der Waals surface area (Å²) in [4.78, 5) is 25.0. The van der Waals surface area contributed by atoms with Crippen LogP contribution < -0.4 is 0 Å². The molecule has 19 heavy (non-hydrogen) atoms. The third-order valence-corrected chi connectivity index (χ3v) is 4.49. The van der Waals surface area contributed by atoms with E-state index in [1.165, 1.54) is 0 Å². The fourth-order valence-corrected chi connectivity index (χ4v) is 2.74. The molecule has 1 N–H and O–H groups in total. The summed E-state index contributed by atoms with van der Waals surface area (Å²) < 4.78 is 0.889.